The van der Waals surface area contributed by atoms with E-state index < -0.39 is 0 Å². The Balaban J connectivity index is 2.44. The lowest BCUT2D eigenvalue weighted by Gasteiger charge is -2.21. The number of aromatic nitrogens is 3. The number of para-hydroxylation sites is 1. The van der Waals surface area contributed by atoms with Crippen LogP contribution < -0.4 is 9.64 Å². The summed E-state index contributed by atoms with van der Waals surface area (Å²) in [5.41, 5.74) is 0.375. The van der Waals surface area contributed by atoms with Gasteiger partial charge in [-0.2, -0.15) is 15.0 Å². The van der Waals surface area contributed by atoms with Crippen molar-refractivity contribution in [1.29, 1.82) is 0 Å². The topological polar surface area (TPSA) is 51.1 Å². The number of nitrogens with zero attached hydrogens (tertiary/aromatic N) is 4. The highest BCUT2D eigenvalue weighted by Crippen LogP contribution is 2.26. The third-order valence-corrected chi connectivity index (χ3v) is 2.72. The molecule has 0 bridgehead atoms. The zero-order valence-corrected chi connectivity index (χ0v) is 11.9. The maximum absolute atomic E-state index is 13.9. The van der Waals surface area contributed by atoms with Gasteiger partial charge < -0.3 is 9.64 Å². The maximum atomic E-state index is 13.9. The first-order chi connectivity index (χ1) is 9.65. The fraction of sp³-hybridized carbons (Fsp3) is 0.308. The van der Waals surface area contributed by atoms with Crippen molar-refractivity contribution in [2.24, 2.45) is 0 Å². The van der Waals surface area contributed by atoms with Gasteiger partial charge in [-0.25, -0.2) is 4.39 Å². The van der Waals surface area contributed by atoms with Crippen LogP contribution in [0.5, 0.6) is 6.01 Å². The SMILES string of the molecule is CCOc1nc(Cl)nc(N(CC)c2ccccc2F)n1. The molecule has 2 aromatic rings. The summed E-state index contributed by atoms with van der Waals surface area (Å²) in [4.78, 5) is 13.6. The van der Waals surface area contributed by atoms with Gasteiger partial charge in [-0.3, -0.25) is 0 Å². The monoisotopic (exact) mass is 296 g/mol. The molecule has 0 unspecified atom stereocenters. The third-order valence-electron chi connectivity index (χ3n) is 2.55. The van der Waals surface area contributed by atoms with Crippen LogP contribution in [0.25, 0.3) is 0 Å². The first-order valence-electron chi connectivity index (χ1n) is 6.22. The Labute approximate surface area is 121 Å². The summed E-state index contributed by atoms with van der Waals surface area (Å²) in [6, 6.07) is 6.52. The first kappa shape index (κ1) is 14.5. The van der Waals surface area contributed by atoms with Gasteiger partial charge in [0.05, 0.1) is 12.3 Å². The minimum atomic E-state index is -0.358. The van der Waals surface area contributed by atoms with E-state index in [9.17, 15) is 4.39 Å². The number of hydrogen-bond donors (Lipinski definition) is 0. The van der Waals surface area contributed by atoms with E-state index in [4.69, 9.17) is 16.3 Å². The summed E-state index contributed by atoms with van der Waals surface area (Å²) in [6.45, 7) is 4.56. The highest BCUT2D eigenvalue weighted by molar-refractivity contribution is 6.28. The van der Waals surface area contributed by atoms with Crippen LogP contribution in [0, 0.1) is 5.82 Å². The Hall–Kier alpha value is -1.95. The fourth-order valence-corrected chi connectivity index (χ4v) is 1.87. The van der Waals surface area contributed by atoms with Crippen LogP contribution in [0.15, 0.2) is 24.3 Å². The predicted molar refractivity (Wildman–Crippen MR) is 75.1 cm³/mol. The lowest BCUT2D eigenvalue weighted by molar-refractivity contribution is 0.311. The molecule has 0 aliphatic carbocycles. The second-order valence-electron chi connectivity index (χ2n) is 3.82. The lowest BCUT2D eigenvalue weighted by Crippen LogP contribution is -2.20. The Morgan fingerprint density at radius 2 is 1.95 bits per heavy atom. The van der Waals surface area contributed by atoms with E-state index in [2.05, 4.69) is 15.0 Å². The van der Waals surface area contributed by atoms with Gasteiger partial charge in [-0.1, -0.05) is 12.1 Å². The largest absolute Gasteiger partial charge is 0.464 e. The third kappa shape index (κ3) is 3.14. The number of hydrogen-bond acceptors (Lipinski definition) is 5. The Bertz CT molecular complexity index is 596. The van der Waals surface area contributed by atoms with Crippen LogP contribution in [-0.2, 0) is 0 Å². The van der Waals surface area contributed by atoms with Gasteiger partial charge in [0.25, 0.3) is 0 Å². The molecule has 0 saturated carbocycles. The normalized spacial score (nSPS) is 10.4. The van der Waals surface area contributed by atoms with Crippen LogP contribution in [0.2, 0.25) is 5.28 Å². The number of rotatable bonds is 5. The summed E-state index contributed by atoms with van der Waals surface area (Å²) in [7, 11) is 0. The van der Waals surface area contributed by atoms with E-state index in [0.717, 1.165) is 0 Å². The van der Waals surface area contributed by atoms with Crippen molar-refractivity contribution in [3.8, 4) is 6.01 Å². The molecule has 0 saturated heterocycles. The van der Waals surface area contributed by atoms with E-state index in [1.165, 1.54) is 6.07 Å². The average Bonchev–Trinajstić information content (AvgIpc) is 2.41. The molecular weight excluding hydrogens is 283 g/mol. The van der Waals surface area contributed by atoms with Gasteiger partial charge >= 0.3 is 6.01 Å². The highest BCUT2D eigenvalue weighted by atomic mass is 35.5. The predicted octanol–water partition coefficient (Wildman–Crippen LogP) is 3.22. The van der Waals surface area contributed by atoms with Crippen LogP contribution in [0.3, 0.4) is 0 Å². The summed E-state index contributed by atoms with van der Waals surface area (Å²) < 4.78 is 19.1. The molecule has 1 aromatic heterocycles. The quantitative estimate of drug-likeness (QED) is 0.848. The summed E-state index contributed by atoms with van der Waals surface area (Å²) in [5.74, 6) is -0.107. The van der Waals surface area contributed by atoms with Gasteiger partial charge in [0.1, 0.15) is 5.82 Å². The minimum Gasteiger partial charge on any atom is -0.464 e. The Morgan fingerprint density at radius 1 is 1.20 bits per heavy atom. The van der Waals surface area contributed by atoms with Crippen LogP contribution in [-0.4, -0.2) is 28.1 Å². The van der Waals surface area contributed by atoms with E-state index >= 15 is 0 Å². The molecule has 1 heterocycles. The summed E-state index contributed by atoms with van der Waals surface area (Å²) >= 11 is 5.85. The lowest BCUT2D eigenvalue weighted by atomic mass is 10.3. The molecule has 5 nitrogen and oxygen atoms in total. The molecule has 7 heteroatoms. The smallest absolute Gasteiger partial charge is 0.322 e. The van der Waals surface area contributed by atoms with E-state index in [1.807, 2.05) is 13.8 Å². The van der Waals surface area contributed by atoms with Gasteiger partial charge in [0.15, 0.2) is 0 Å². The van der Waals surface area contributed by atoms with E-state index in [-0.39, 0.29) is 23.1 Å². The minimum absolute atomic E-state index is 0.00763. The molecule has 1 aromatic carbocycles. The molecule has 20 heavy (non-hydrogen) atoms. The molecular formula is C13H14ClFN4O. The molecule has 0 fully saturated rings. The van der Waals surface area contributed by atoms with Gasteiger partial charge in [0.2, 0.25) is 11.2 Å². The molecule has 0 spiro atoms. The highest BCUT2D eigenvalue weighted by Gasteiger charge is 2.16. The van der Waals surface area contributed by atoms with Crippen molar-refractivity contribution < 1.29 is 9.13 Å². The number of benzene rings is 1. The molecule has 0 N–H and O–H groups in total. The second kappa shape index (κ2) is 6.47. The van der Waals surface area contributed by atoms with Crippen molar-refractivity contribution >= 4 is 23.2 Å². The van der Waals surface area contributed by atoms with Crippen molar-refractivity contribution in [3.63, 3.8) is 0 Å². The van der Waals surface area contributed by atoms with Crippen molar-refractivity contribution in [2.45, 2.75) is 13.8 Å². The number of halogens is 2. The zero-order chi connectivity index (χ0) is 14.5. The van der Waals surface area contributed by atoms with Gasteiger partial charge in [-0.15, -0.1) is 0 Å². The number of anilines is 2. The molecule has 0 aliphatic heterocycles. The van der Waals surface area contributed by atoms with Crippen LogP contribution in [0.4, 0.5) is 16.0 Å². The van der Waals surface area contributed by atoms with E-state index in [0.29, 0.717) is 18.8 Å². The van der Waals surface area contributed by atoms with Gasteiger partial charge in [-0.05, 0) is 37.6 Å². The van der Waals surface area contributed by atoms with E-state index in [1.54, 1.807) is 23.1 Å². The fourth-order valence-electron chi connectivity index (χ4n) is 1.73. The molecule has 0 aliphatic rings. The first-order valence-corrected chi connectivity index (χ1v) is 6.60. The van der Waals surface area contributed by atoms with Gasteiger partial charge in [0, 0.05) is 6.54 Å². The van der Waals surface area contributed by atoms with Crippen molar-refractivity contribution in [1.82, 2.24) is 15.0 Å². The van der Waals surface area contributed by atoms with Crippen molar-refractivity contribution in [3.05, 3.63) is 35.4 Å². The average molecular weight is 297 g/mol. The summed E-state index contributed by atoms with van der Waals surface area (Å²) in [6.07, 6.45) is 0. The van der Waals surface area contributed by atoms with Crippen molar-refractivity contribution in [2.75, 3.05) is 18.1 Å². The maximum Gasteiger partial charge on any atom is 0.322 e. The van der Waals surface area contributed by atoms with Crippen LogP contribution in [0.1, 0.15) is 13.8 Å². The molecule has 0 radical (unpaired) electrons. The Morgan fingerprint density at radius 3 is 2.60 bits per heavy atom. The Kier molecular flexibility index (Phi) is 4.68. The number of ether oxygens (including phenoxy) is 1. The molecule has 2 rings (SSSR count). The van der Waals surface area contributed by atoms with Crippen LogP contribution >= 0.6 is 11.6 Å². The standard InChI is InChI=1S/C13H14ClFN4O/c1-3-19(10-8-6-5-7-9(10)15)12-16-11(14)17-13(18-12)20-4-2/h5-8H,3-4H2,1-2H3. The summed E-state index contributed by atoms with van der Waals surface area (Å²) in [5, 5.41) is 0.00763. The molecule has 0 atom stereocenters. The second-order valence-corrected chi connectivity index (χ2v) is 4.15. The molecule has 106 valence electrons. The molecule has 0 amide bonds. The zero-order valence-electron chi connectivity index (χ0n) is 11.2.